The van der Waals surface area contributed by atoms with Crippen LogP contribution in [0.15, 0.2) is 18.3 Å². The number of hydrogen-bond acceptors (Lipinski definition) is 4. The highest BCUT2D eigenvalue weighted by Gasteiger charge is 2.22. The summed E-state index contributed by atoms with van der Waals surface area (Å²) in [7, 11) is 0. The van der Waals surface area contributed by atoms with Crippen LogP contribution in [0.25, 0.3) is 0 Å². The van der Waals surface area contributed by atoms with Gasteiger partial charge in [0.05, 0.1) is 5.56 Å². The van der Waals surface area contributed by atoms with Gasteiger partial charge in [0, 0.05) is 30.3 Å². The van der Waals surface area contributed by atoms with Gasteiger partial charge in [0.25, 0.3) is 5.91 Å². The molecule has 1 amide bonds. The standard InChI is InChI=1S/C12H14N2O3S/c1-8-7-14(4-5-18-8)11(15)9-2-3-10(12(16)17)13-6-9/h2-3,6,8H,4-5,7H2,1H3,(H,16,17). The Balaban J connectivity index is 2.10. The Morgan fingerprint density at radius 1 is 1.50 bits per heavy atom. The second kappa shape index (κ2) is 5.39. The molecule has 1 N–H and O–H groups in total. The summed E-state index contributed by atoms with van der Waals surface area (Å²) in [5, 5.41) is 9.18. The maximum Gasteiger partial charge on any atom is 0.354 e. The Labute approximate surface area is 109 Å². The number of thioether (sulfide) groups is 1. The third kappa shape index (κ3) is 2.81. The molecular weight excluding hydrogens is 252 g/mol. The van der Waals surface area contributed by atoms with E-state index in [0.29, 0.717) is 10.8 Å². The molecule has 0 radical (unpaired) electrons. The van der Waals surface area contributed by atoms with E-state index in [-0.39, 0.29) is 11.6 Å². The van der Waals surface area contributed by atoms with Gasteiger partial charge in [-0.1, -0.05) is 6.92 Å². The molecule has 1 aromatic heterocycles. The molecule has 1 aliphatic heterocycles. The highest BCUT2D eigenvalue weighted by Crippen LogP contribution is 2.19. The van der Waals surface area contributed by atoms with Gasteiger partial charge < -0.3 is 10.0 Å². The van der Waals surface area contributed by atoms with Crippen molar-refractivity contribution in [1.29, 1.82) is 0 Å². The summed E-state index contributed by atoms with van der Waals surface area (Å²) in [5.74, 6) is -0.225. The minimum absolute atomic E-state index is 0.0471. The zero-order chi connectivity index (χ0) is 13.1. The number of aromatic nitrogens is 1. The van der Waals surface area contributed by atoms with Crippen LogP contribution in [-0.2, 0) is 0 Å². The maximum absolute atomic E-state index is 12.2. The first-order valence-corrected chi connectivity index (χ1v) is 6.73. The summed E-state index contributed by atoms with van der Waals surface area (Å²) < 4.78 is 0. The van der Waals surface area contributed by atoms with Crippen LogP contribution in [0.4, 0.5) is 0 Å². The van der Waals surface area contributed by atoms with Gasteiger partial charge in [-0.2, -0.15) is 11.8 Å². The van der Waals surface area contributed by atoms with Crippen LogP contribution in [-0.4, -0.2) is 51.0 Å². The molecule has 0 aromatic carbocycles. The van der Waals surface area contributed by atoms with Crippen molar-refractivity contribution in [2.45, 2.75) is 12.2 Å². The van der Waals surface area contributed by atoms with Gasteiger partial charge in [-0.15, -0.1) is 0 Å². The van der Waals surface area contributed by atoms with Crippen LogP contribution >= 0.6 is 11.8 Å². The fraction of sp³-hybridized carbons (Fsp3) is 0.417. The van der Waals surface area contributed by atoms with E-state index in [4.69, 9.17) is 5.11 Å². The molecule has 1 fully saturated rings. The normalized spacial score (nSPS) is 19.6. The summed E-state index contributed by atoms with van der Waals surface area (Å²) in [5.41, 5.74) is 0.396. The van der Waals surface area contributed by atoms with Crippen LogP contribution in [0, 0.1) is 0 Å². The van der Waals surface area contributed by atoms with Crippen molar-refractivity contribution < 1.29 is 14.7 Å². The first-order chi connectivity index (χ1) is 8.58. The van der Waals surface area contributed by atoms with Crippen LogP contribution in [0.2, 0.25) is 0 Å². The third-order valence-electron chi connectivity index (χ3n) is 2.76. The lowest BCUT2D eigenvalue weighted by molar-refractivity contribution is 0.0687. The first-order valence-electron chi connectivity index (χ1n) is 5.68. The predicted octanol–water partition coefficient (Wildman–Crippen LogP) is 1.36. The Bertz CT molecular complexity index is 461. The largest absolute Gasteiger partial charge is 0.477 e. The second-order valence-electron chi connectivity index (χ2n) is 4.17. The average molecular weight is 266 g/mol. The van der Waals surface area contributed by atoms with Crippen LogP contribution in [0.3, 0.4) is 0 Å². The zero-order valence-corrected chi connectivity index (χ0v) is 10.8. The molecule has 1 aliphatic rings. The number of pyridine rings is 1. The molecule has 0 aliphatic carbocycles. The van der Waals surface area contributed by atoms with Crippen molar-refractivity contribution in [3.63, 3.8) is 0 Å². The molecule has 0 spiro atoms. The maximum atomic E-state index is 12.2. The van der Waals surface area contributed by atoms with Crippen LogP contribution in [0.5, 0.6) is 0 Å². The van der Waals surface area contributed by atoms with Gasteiger partial charge in [-0.25, -0.2) is 9.78 Å². The lowest BCUT2D eigenvalue weighted by Gasteiger charge is -2.30. The van der Waals surface area contributed by atoms with Crippen molar-refractivity contribution in [1.82, 2.24) is 9.88 Å². The highest BCUT2D eigenvalue weighted by atomic mass is 32.2. The first kappa shape index (κ1) is 12.9. The Kier molecular flexibility index (Phi) is 3.86. The molecule has 1 atom stereocenters. The topological polar surface area (TPSA) is 70.5 Å². The Morgan fingerprint density at radius 2 is 2.28 bits per heavy atom. The quantitative estimate of drug-likeness (QED) is 0.875. The molecule has 0 saturated carbocycles. The number of carbonyl (C=O) groups is 2. The summed E-state index contributed by atoms with van der Waals surface area (Å²) in [6.07, 6.45) is 1.33. The number of amides is 1. The van der Waals surface area contributed by atoms with Gasteiger partial charge in [-0.05, 0) is 12.1 Å². The van der Waals surface area contributed by atoms with Gasteiger partial charge >= 0.3 is 5.97 Å². The number of carboxylic acid groups (broad SMARTS) is 1. The van der Waals surface area contributed by atoms with Crippen molar-refractivity contribution >= 4 is 23.6 Å². The van der Waals surface area contributed by atoms with E-state index < -0.39 is 5.97 Å². The number of carbonyl (C=O) groups excluding carboxylic acids is 1. The molecule has 2 heterocycles. The average Bonchev–Trinajstić information content (AvgIpc) is 2.38. The third-order valence-corrected chi connectivity index (χ3v) is 3.89. The number of hydrogen-bond donors (Lipinski definition) is 1. The highest BCUT2D eigenvalue weighted by molar-refractivity contribution is 7.99. The summed E-state index contributed by atoms with van der Waals surface area (Å²) >= 11 is 1.85. The molecular formula is C12H14N2O3S. The van der Waals surface area contributed by atoms with E-state index in [2.05, 4.69) is 11.9 Å². The van der Waals surface area contributed by atoms with Crippen molar-refractivity contribution in [3.05, 3.63) is 29.6 Å². The molecule has 0 bridgehead atoms. The molecule has 6 heteroatoms. The van der Waals surface area contributed by atoms with Gasteiger partial charge in [0.15, 0.2) is 0 Å². The number of aromatic carboxylic acids is 1. The smallest absolute Gasteiger partial charge is 0.354 e. The van der Waals surface area contributed by atoms with Gasteiger partial charge in [0.1, 0.15) is 5.69 Å². The molecule has 18 heavy (non-hydrogen) atoms. The minimum atomic E-state index is -1.09. The summed E-state index contributed by atoms with van der Waals surface area (Å²) in [4.78, 5) is 28.4. The number of carboxylic acids is 1. The van der Waals surface area contributed by atoms with E-state index in [0.717, 1.165) is 18.8 Å². The van der Waals surface area contributed by atoms with Gasteiger partial charge in [-0.3, -0.25) is 4.79 Å². The number of rotatable bonds is 2. The van der Waals surface area contributed by atoms with E-state index in [1.54, 1.807) is 4.90 Å². The Morgan fingerprint density at radius 3 is 2.83 bits per heavy atom. The van der Waals surface area contributed by atoms with Crippen molar-refractivity contribution in [3.8, 4) is 0 Å². The monoisotopic (exact) mass is 266 g/mol. The van der Waals surface area contributed by atoms with Crippen LogP contribution in [0.1, 0.15) is 27.8 Å². The SMILES string of the molecule is CC1CN(C(=O)c2ccc(C(=O)O)nc2)CCS1. The minimum Gasteiger partial charge on any atom is -0.477 e. The van der Waals surface area contributed by atoms with Crippen molar-refractivity contribution in [2.75, 3.05) is 18.8 Å². The molecule has 1 aromatic rings. The van der Waals surface area contributed by atoms with Crippen molar-refractivity contribution in [2.24, 2.45) is 0 Å². The Hall–Kier alpha value is -1.56. The predicted molar refractivity (Wildman–Crippen MR) is 69.0 cm³/mol. The zero-order valence-electron chi connectivity index (χ0n) is 10.00. The summed E-state index contributed by atoms with van der Waals surface area (Å²) in [6, 6.07) is 2.88. The fourth-order valence-electron chi connectivity index (χ4n) is 1.83. The summed E-state index contributed by atoms with van der Waals surface area (Å²) in [6.45, 7) is 3.55. The number of nitrogens with zero attached hydrogens (tertiary/aromatic N) is 2. The molecule has 1 unspecified atom stereocenters. The van der Waals surface area contributed by atoms with E-state index in [9.17, 15) is 9.59 Å². The molecule has 1 saturated heterocycles. The lowest BCUT2D eigenvalue weighted by atomic mass is 10.2. The van der Waals surface area contributed by atoms with Gasteiger partial charge in [0.2, 0.25) is 0 Å². The molecule has 5 nitrogen and oxygen atoms in total. The second-order valence-corrected chi connectivity index (χ2v) is 5.72. The molecule has 96 valence electrons. The van der Waals surface area contributed by atoms with E-state index in [1.807, 2.05) is 11.8 Å². The van der Waals surface area contributed by atoms with Crippen LogP contribution < -0.4 is 0 Å². The van der Waals surface area contributed by atoms with E-state index >= 15 is 0 Å². The fourth-order valence-corrected chi connectivity index (χ4v) is 2.85. The van der Waals surface area contributed by atoms with E-state index in [1.165, 1.54) is 18.3 Å². The lowest BCUT2D eigenvalue weighted by Crippen LogP contribution is -2.41. The molecule has 2 rings (SSSR count).